The maximum absolute atomic E-state index is 4.45. The Morgan fingerprint density at radius 2 is 1.58 bits per heavy atom. The normalized spacial score (nSPS) is 10.7. The highest BCUT2D eigenvalue weighted by molar-refractivity contribution is 5.44. The fourth-order valence-electron chi connectivity index (χ4n) is 1.57. The second-order valence-corrected chi connectivity index (χ2v) is 3.95. The third kappa shape index (κ3) is 4.73. The van der Waals surface area contributed by atoms with Gasteiger partial charge in [0.1, 0.15) is 0 Å². The van der Waals surface area contributed by atoms with Crippen molar-refractivity contribution >= 4 is 17.8 Å². The predicted molar refractivity (Wildman–Crippen MR) is 80.9 cm³/mol. The van der Waals surface area contributed by atoms with E-state index in [1.54, 1.807) is 0 Å². The summed E-state index contributed by atoms with van der Waals surface area (Å²) in [6.45, 7) is 11.4. The molecule has 1 heterocycles. The van der Waals surface area contributed by atoms with E-state index < -0.39 is 0 Å². The highest BCUT2D eigenvalue weighted by Gasteiger charge is 2.10. The maximum Gasteiger partial charge on any atom is 0.232 e. The first-order valence-electron chi connectivity index (χ1n) is 6.85. The van der Waals surface area contributed by atoms with Crippen LogP contribution >= 0.6 is 0 Å². The molecule has 0 fully saturated rings. The number of likely N-dealkylation sites (N-methyl/N-ethyl adjacent to an activating group) is 1. The standard InChI is InChI=1S/C13H24N6/c1-5-9-10-19(8-4)13-17-11(14-6-2)16-12(18-13)15-7-3/h5,9H,6-8,10H2,1-4H3,(H2,14,15,16,17,18). The van der Waals surface area contributed by atoms with Gasteiger partial charge < -0.3 is 15.5 Å². The zero-order valence-corrected chi connectivity index (χ0v) is 12.3. The van der Waals surface area contributed by atoms with Crippen LogP contribution in [0.5, 0.6) is 0 Å². The molecular weight excluding hydrogens is 240 g/mol. The minimum absolute atomic E-state index is 0.613. The second-order valence-electron chi connectivity index (χ2n) is 3.95. The Morgan fingerprint density at radius 3 is 2.00 bits per heavy atom. The molecule has 0 aliphatic heterocycles. The Balaban J connectivity index is 3.01. The second kappa shape index (κ2) is 8.29. The van der Waals surface area contributed by atoms with Crippen molar-refractivity contribution in [3.8, 4) is 0 Å². The molecule has 0 amide bonds. The van der Waals surface area contributed by atoms with E-state index >= 15 is 0 Å². The van der Waals surface area contributed by atoms with Crippen LogP contribution in [0.3, 0.4) is 0 Å². The molecule has 0 aliphatic carbocycles. The van der Waals surface area contributed by atoms with Crippen molar-refractivity contribution < 1.29 is 0 Å². The lowest BCUT2D eigenvalue weighted by atomic mass is 10.4. The lowest BCUT2D eigenvalue weighted by molar-refractivity contribution is 0.839. The average Bonchev–Trinajstić information content (AvgIpc) is 2.40. The molecule has 1 aromatic rings. The average molecular weight is 264 g/mol. The summed E-state index contributed by atoms with van der Waals surface area (Å²) in [5, 5.41) is 6.27. The van der Waals surface area contributed by atoms with E-state index in [4.69, 9.17) is 0 Å². The van der Waals surface area contributed by atoms with Crippen molar-refractivity contribution in [2.75, 3.05) is 41.7 Å². The Bertz CT molecular complexity index is 380. The van der Waals surface area contributed by atoms with Crippen LogP contribution in [0.4, 0.5) is 17.8 Å². The van der Waals surface area contributed by atoms with Crippen molar-refractivity contribution in [2.45, 2.75) is 27.7 Å². The first kappa shape index (κ1) is 15.2. The van der Waals surface area contributed by atoms with Gasteiger partial charge in [-0.05, 0) is 27.7 Å². The number of nitrogens with one attached hydrogen (secondary N) is 2. The number of aromatic nitrogens is 3. The predicted octanol–water partition coefficient (Wildman–Crippen LogP) is 2.14. The van der Waals surface area contributed by atoms with E-state index in [-0.39, 0.29) is 0 Å². The van der Waals surface area contributed by atoms with Gasteiger partial charge in [0.25, 0.3) is 0 Å². The van der Waals surface area contributed by atoms with E-state index in [0.29, 0.717) is 17.8 Å². The summed E-state index contributed by atoms with van der Waals surface area (Å²) in [6, 6.07) is 0. The topological polar surface area (TPSA) is 66.0 Å². The zero-order chi connectivity index (χ0) is 14.1. The Labute approximate surface area is 115 Å². The van der Waals surface area contributed by atoms with Gasteiger partial charge in [0.2, 0.25) is 17.8 Å². The summed E-state index contributed by atoms with van der Waals surface area (Å²) in [4.78, 5) is 15.3. The van der Waals surface area contributed by atoms with Crippen LogP contribution in [0.2, 0.25) is 0 Å². The SMILES string of the molecule is CC=CCN(CC)c1nc(NCC)nc(NCC)n1. The van der Waals surface area contributed by atoms with E-state index in [2.05, 4.69) is 43.5 Å². The Hall–Kier alpha value is -1.85. The van der Waals surface area contributed by atoms with Crippen LogP contribution in [0, 0.1) is 0 Å². The first-order chi connectivity index (χ1) is 9.24. The molecule has 1 rings (SSSR count). The highest BCUT2D eigenvalue weighted by atomic mass is 15.3. The van der Waals surface area contributed by atoms with Crippen LogP contribution < -0.4 is 15.5 Å². The summed E-state index contributed by atoms with van der Waals surface area (Å²) < 4.78 is 0. The van der Waals surface area contributed by atoms with Crippen molar-refractivity contribution in [2.24, 2.45) is 0 Å². The molecule has 6 heteroatoms. The molecule has 0 aromatic carbocycles. The van der Waals surface area contributed by atoms with Crippen LogP contribution in [-0.4, -0.2) is 41.1 Å². The summed E-state index contributed by atoms with van der Waals surface area (Å²) in [5.41, 5.74) is 0. The lowest BCUT2D eigenvalue weighted by Crippen LogP contribution is -2.26. The van der Waals surface area contributed by atoms with Gasteiger partial charge in [-0.2, -0.15) is 15.0 Å². The molecule has 19 heavy (non-hydrogen) atoms. The molecular formula is C13H24N6. The molecule has 0 atom stereocenters. The van der Waals surface area contributed by atoms with Crippen molar-refractivity contribution in [1.82, 2.24) is 15.0 Å². The van der Waals surface area contributed by atoms with Gasteiger partial charge in [0, 0.05) is 26.2 Å². The molecule has 1 aromatic heterocycles. The smallest absolute Gasteiger partial charge is 0.232 e. The van der Waals surface area contributed by atoms with Gasteiger partial charge in [0.05, 0.1) is 0 Å². The van der Waals surface area contributed by atoms with E-state index in [1.807, 2.05) is 26.8 Å². The third-order valence-electron chi connectivity index (χ3n) is 2.52. The lowest BCUT2D eigenvalue weighted by Gasteiger charge is -2.20. The molecule has 0 spiro atoms. The van der Waals surface area contributed by atoms with Crippen LogP contribution in [-0.2, 0) is 0 Å². The monoisotopic (exact) mass is 264 g/mol. The van der Waals surface area contributed by atoms with E-state index in [1.165, 1.54) is 0 Å². The van der Waals surface area contributed by atoms with Gasteiger partial charge in [-0.3, -0.25) is 0 Å². The van der Waals surface area contributed by atoms with Crippen LogP contribution in [0.1, 0.15) is 27.7 Å². The molecule has 0 saturated carbocycles. The molecule has 2 N–H and O–H groups in total. The minimum Gasteiger partial charge on any atom is -0.354 e. The van der Waals surface area contributed by atoms with Gasteiger partial charge in [-0.1, -0.05) is 12.2 Å². The molecule has 106 valence electrons. The van der Waals surface area contributed by atoms with Crippen molar-refractivity contribution in [1.29, 1.82) is 0 Å². The number of nitrogens with zero attached hydrogens (tertiary/aromatic N) is 4. The number of allylic oxidation sites excluding steroid dienone is 1. The molecule has 0 bridgehead atoms. The Morgan fingerprint density at radius 1 is 1.00 bits per heavy atom. The van der Waals surface area contributed by atoms with Gasteiger partial charge in [0.15, 0.2) is 0 Å². The van der Waals surface area contributed by atoms with Crippen molar-refractivity contribution in [3.05, 3.63) is 12.2 Å². The first-order valence-corrected chi connectivity index (χ1v) is 6.85. The van der Waals surface area contributed by atoms with Gasteiger partial charge >= 0.3 is 0 Å². The van der Waals surface area contributed by atoms with Crippen LogP contribution in [0.15, 0.2) is 12.2 Å². The molecule has 0 radical (unpaired) electrons. The van der Waals surface area contributed by atoms with Gasteiger partial charge in [-0.15, -0.1) is 0 Å². The molecule has 6 nitrogen and oxygen atoms in total. The number of anilines is 3. The fraction of sp³-hybridized carbons (Fsp3) is 0.615. The van der Waals surface area contributed by atoms with E-state index in [0.717, 1.165) is 26.2 Å². The van der Waals surface area contributed by atoms with Crippen molar-refractivity contribution in [3.63, 3.8) is 0 Å². The van der Waals surface area contributed by atoms with Gasteiger partial charge in [-0.25, -0.2) is 0 Å². The Kier molecular flexibility index (Phi) is 6.63. The number of hydrogen-bond donors (Lipinski definition) is 2. The summed E-state index contributed by atoms with van der Waals surface area (Å²) in [6.07, 6.45) is 4.12. The molecule has 0 unspecified atom stereocenters. The zero-order valence-electron chi connectivity index (χ0n) is 12.3. The molecule has 0 saturated heterocycles. The minimum atomic E-state index is 0.613. The number of rotatable bonds is 8. The summed E-state index contributed by atoms with van der Waals surface area (Å²) in [5.74, 6) is 1.92. The maximum atomic E-state index is 4.45. The fourth-order valence-corrected chi connectivity index (χ4v) is 1.57. The summed E-state index contributed by atoms with van der Waals surface area (Å²) in [7, 11) is 0. The third-order valence-corrected chi connectivity index (χ3v) is 2.52. The van der Waals surface area contributed by atoms with E-state index in [9.17, 15) is 0 Å². The van der Waals surface area contributed by atoms with Crippen LogP contribution in [0.25, 0.3) is 0 Å². The quantitative estimate of drug-likeness (QED) is 0.701. The molecule has 0 aliphatic rings. The summed E-state index contributed by atoms with van der Waals surface area (Å²) >= 11 is 0. The largest absolute Gasteiger partial charge is 0.354 e. The highest BCUT2D eigenvalue weighted by Crippen LogP contribution is 2.13. The number of hydrogen-bond acceptors (Lipinski definition) is 6.